The van der Waals surface area contributed by atoms with Gasteiger partial charge in [0.15, 0.2) is 0 Å². The van der Waals surface area contributed by atoms with E-state index < -0.39 is 0 Å². The highest BCUT2D eigenvalue weighted by Crippen LogP contribution is 2.26. The lowest BCUT2D eigenvalue weighted by molar-refractivity contribution is 0.386. The molecule has 0 aliphatic heterocycles. The molecule has 3 aromatic heterocycles. The topological polar surface area (TPSA) is 77.8 Å². The van der Waals surface area contributed by atoms with Crippen molar-refractivity contribution in [2.75, 3.05) is 0 Å². The van der Waals surface area contributed by atoms with E-state index in [0.29, 0.717) is 11.6 Å². The molecule has 0 spiro atoms. The first-order valence-electron chi connectivity index (χ1n) is 7.49. The molecule has 0 N–H and O–H groups in total. The molecule has 0 amide bonds. The molecule has 3 heterocycles. The zero-order valence-corrected chi connectivity index (χ0v) is 13.2. The molecule has 4 aromatic rings. The van der Waals surface area contributed by atoms with E-state index in [1.165, 1.54) is 5.56 Å². The minimum absolute atomic E-state index is 0.289. The van der Waals surface area contributed by atoms with Gasteiger partial charge in [-0.1, -0.05) is 40.1 Å². The summed E-state index contributed by atoms with van der Waals surface area (Å²) in [6.45, 7) is 4.00. The molecule has 4 rings (SSSR count). The summed E-state index contributed by atoms with van der Waals surface area (Å²) in [4.78, 5) is 8.50. The van der Waals surface area contributed by atoms with Crippen LogP contribution >= 0.6 is 0 Å². The van der Waals surface area contributed by atoms with Crippen molar-refractivity contribution in [1.29, 1.82) is 0 Å². The Hall–Kier alpha value is -3.28. The molecule has 0 radical (unpaired) electrons. The van der Waals surface area contributed by atoms with Crippen molar-refractivity contribution in [3.05, 3.63) is 59.9 Å². The van der Waals surface area contributed by atoms with Crippen LogP contribution in [0.4, 0.5) is 0 Å². The fourth-order valence-electron chi connectivity index (χ4n) is 2.35. The van der Waals surface area contributed by atoms with E-state index in [0.717, 1.165) is 22.4 Å². The van der Waals surface area contributed by atoms with Gasteiger partial charge in [-0.05, 0) is 25.5 Å². The zero-order valence-electron chi connectivity index (χ0n) is 13.2. The molecule has 0 atom stereocenters. The molecule has 0 saturated heterocycles. The standard InChI is InChI=1S/C18H14N4O2/c1-11-3-5-13(6-4-11)15-8-16(23-21-15)18-20-17(22-24-18)14-7-12(2)9-19-10-14/h3-10H,1-2H3. The van der Waals surface area contributed by atoms with E-state index in [2.05, 4.69) is 20.3 Å². The maximum absolute atomic E-state index is 5.35. The van der Waals surface area contributed by atoms with Gasteiger partial charge in [0.05, 0.1) is 0 Å². The second kappa shape index (κ2) is 5.73. The molecule has 0 aliphatic rings. The molecule has 118 valence electrons. The molecular weight excluding hydrogens is 304 g/mol. The number of nitrogens with zero attached hydrogens (tertiary/aromatic N) is 4. The van der Waals surface area contributed by atoms with E-state index in [1.807, 2.05) is 44.2 Å². The Morgan fingerprint density at radius 2 is 1.62 bits per heavy atom. The van der Waals surface area contributed by atoms with Crippen molar-refractivity contribution in [3.63, 3.8) is 0 Å². The molecule has 0 bridgehead atoms. The van der Waals surface area contributed by atoms with Crippen LogP contribution in [0.5, 0.6) is 0 Å². The average Bonchev–Trinajstić information content (AvgIpc) is 3.25. The first-order valence-corrected chi connectivity index (χ1v) is 7.49. The molecule has 0 fully saturated rings. The Labute approximate surface area is 138 Å². The van der Waals surface area contributed by atoms with Crippen LogP contribution in [-0.4, -0.2) is 20.3 Å². The van der Waals surface area contributed by atoms with Gasteiger partial charge in [-0.3, -0.25) is 4.98 Å². The minimum atomic E-state index is 0.289. The van der Waals surface area contributed by atoms with Gasteiger partial charge < -0.3 is 9.05 Å². The molecule has 1 aromatic carbocycles. The van der Waals surface area contributed by atoms with Gasteiger partial charge in [-0.25, -0.2) is 0 Å². The van der Waals surface area contributed by atoms with E-state index in [9.17, 15) is 0 Å². The van der Waals surface area contributed by atoms with Gasteiger partial charge >= 0.3 is 0 Å². The number of benzene rings is 1. The predicted molar refractivity (Wildman–Crippen MR) is 87.9 cm³/mol. The lowest BCUT2D eigenvalue weighted by atomic mass is 10.1. The first kappa shape index (κ1) is 14.3. The van der Waals surface area contributed by atoms with Crippen molar-refractivity contribution < 1.29 is 9.05 Å². The largest absolute Gasteiger partial charge is 0.350 e. The van der Waals surface area contributed by atoms with Crippen molar-refractivity contribution in [2.24, 2.45) is 0 Å². The highest BCUT2D eigenvalue weighted by molar-refractivity contribution is 5.64. The number of hydrogen-bond acceptors (Lipinski definition) is 6. The Balaban J connectivity index is 1.65. The third-order valence-corrected chi connectivity index (χ3v) is 3.63. The number of hydrogen-bond donors (Lipinski definition) is 0. The van der Waals surface area contributed by atoms with Crippen LogP contribution in [0.25, 0.3) is 34.3 Å². The maximum Gasteiger partial charge on any atom is 0.296 e. The summed E-state index contributed by atoms with van der Waals surface area (Å²) in [5.41, 5.74) is 4.71. The molecule has 24 heavy (non-hydrogen) atoms. The van der Waals surface area contributed by atoms with Crippen molar-refractivity contribution in [2.45, 2.75) is 13.8 Å². The summed E-state index contributed by atoms with van der Waals surface area (Å²) in [6.07, 6.45) is 3.47. The van der Waals surface area contributed by atoms with Gasteiger partial charge in [-0.2, -0.15) is 4.98 Å². The minimum Gasteiger partial charge on any atom is -0.350 e. The lowest BCUT2D eigenvalue weighted by Crippen LogP contribution is -1.84. The number of aryl methyl sites for hydroxylation is 2. The second-order valence-electron chi connectivity index (χ2n) is 5.62. The fourth-order valence-corrected chi connectivity index (χ4v) is 2.35. The average molecular weight is 318 g/mol. The Morgan fingerprint density at radius 1 is 0.792 bits per heavy atom. The van der Waals surface area contributed by atoms with Crippen molar-refractivity contribution in [1.82, 2.24) is 20.3 Å². The van der Waals surface area contributed by atoms with Crippen LogP contribution in [0.3, 0.4) is 0 Å². The smallest absolute Gasteiger partial charge is 0.296 e. The highest BCUT2D eigenvalue weighted by atomic mass is 16.5. The summed E-state index contributed by atoms with van der Waals surface area (Å²) < 4.78 is 10.6. The Kier molecular flexibility index (Phi) is 3.42. The number of rotatable bonds is 3. The molecule has 0 aliphatic carbocycles. The van der Waals surface area contributed by atoms with Crippen molar-refractivity contribution >= 4 is 0 Å². The summed E-state index contributed by atoms with van der Waals surface area (Å²) >= 11 is 0. The van der Waals surface area contributed by atoms with Crippen LogP contribution in [-0.2, 0) is 0 Å². The van der Waals surface area contributed by atoms with E-state index >= 15 is 0 Å². The third kappa shape index (κ3) is 2.69. The number of aromatic nitrogens is 4. The highest BCUT2D eigenvalue weighted by Gasteiger charge is 2.16. The molecule has 0 unspecified atom stereocenters. The van der Waals surface area contributed by atoms with Crippen LogP contribution < -0.4 is 0 Å². The lowest BCUT2D eigenvalue weighted by Gasteiger charge is -1.95. The first-order chi connectivity index (χ1) is 11.7. The predicted octanol–water partition coefficient (Wildman–Crippen LogP) is 4.07. The summed E-state index contributed by atoms with van der Waals surface area (Å²) in [5.74, 6) is 1.19. The Morgan fingerprint density at radius 3 is 2.42 bits per heavy atom. The summed E-state index contributed by atoms with van der Waals surface area (Å²) in [5, 5.41) is 8.06. The van der Waals surface area contributed by atoms with Gasteiger partial charge in [0.25, 0.3) is 5.89 Å². The van der Waals surface area contributed by atoms with Crippen molar-refractivity contribution in [3.8, 4) is 34.3 Å². The molecule has 6 nitrogen and oxygen atoms in total. The van der Waals surface area contributed by atoms with Crippen LogP contribution in [0.1, 0.15) is 11.1 Å². The van der Waals surface area contributed by atoms with Crippen LogP contribution in [0, 0.1) is 13.8 Å². The third-order valence-electron chi connectivity index (χ3n) is 3.63. The fraction of sp³-hybridized carbons (Fsp3) is 0.111. The van der Waals surface area contributed by atoms with Crippen LogP contribution in [0.15, 0.2) is 57.8 Å². The van der Waals surface area contributed by atoms with Gasteiger partial charge in [0, 0.05) is 29.6 Å². The van der Waals surface area contributed by atoms with Gasteiger partial charge in [0.2, 0.25) is 11.6 Å². The monoisotopic (exact) mass is 318 g/mol. The van der Waals surface area contributed by atoms with Gasteiger partial charge in [0.1, 0.15) is 5.69 Å². The normalized spacial score (nSPS) is 10.9. The number of pyridine rings is 1. The van der Waals surface area contributed by atoms with Gasteiger partial charge in [-0.15, -0.1) is 0 Å². The zero-order chi connectivity index (χ0) is 16.5. The summed E-state index contributed by atoms with van der Waals surface area (Å²) in [6, 6.07) is 11.8. The molecule has 6 heteroatoms. The van der Waals surface area contributed by atoms with E-state index in [4.69, 9.17) is 9.05 Å². The van der Waals surface area contributed by atoms with E-state index in [-0.39, 0.29) is 5.89 Å². The molecule has 0 saturated carbocycles. The molecular formula is C18H14N4O2. The SMILES string of the molecule is Cc1ccc(-c2cc(-c3nc(-c4cncc(C)c4)no3)on2)cc1. The Bertz CT molecular complexity index is 986. The van der Waals surface area contributed by atoms with Crippen LogP contribution in [0.2, 0.25) is 0 Å². The van der Waals surface area contributed by atoms with E-state index in [1.54, 1.807) is 18.5 Å². The summed E-state index contributed by atoms with van der Waals surface area (Å²) in [7, 11) is 0. The maximum atomic E-state index is 5.35. The quantitative estimate of drug-likeness (QED) is 0.566. The second-order valence-corrected chi connectivity index (χ2v) is 5.62.